The number of aromatic nitrogens is 2. The summed E-state index contributed by atoms with van der Waals surface area (Å²) in [5.41, 5.74) is 7.01. The van der Waals surface area contributed by atoms with Crippen molar-refractivity contribution < 1.29 is 17.9 Å². The number of alkyl halides is 3. The lowest BCUT2D eigenvalue weighted by molar-refractivity contribution is -0.274. The van der Waals surface area contributed by atoms with Crippen LogP contribution in [0.5, 0.6) is 5.75 Å². The van der Waals surface area contributed by atoms with Gasteiger partial charge in [0.25, 0.3) is 0 Å². The van der Waals surface area contributed by atoms with Crippen molar-refractivity contribution >= 4 is 5.82 Å². The lowest BCUT2D eigenvalue weighted by Crippen LogP contribution is -2.17. The minimum atomic E-state index is -4.72. The normalized spacial score (nSPS) is 11.7. The van der Waals surface area contributed by atoms with Crippen LogP contribution in [-0.4, -0.2) is 15.9 Å². The van der Waals surface area contributed by atoms with Gasteiger partial charge in [-0.3, -0.25) is 0 Å². The molecule has 21 heavy (non-hydrogen) atoms. The quantitative estimate of drug-likeness (QED) is 0.938. The SMILES string of the molecule is CCc1nc(-c2cccc(OC(F)(F)F)c2)c(N)n1CC. The van der Waals surface area contributed by atoms with Crippen LogP contribution >= 0.6 is 0 Å². The summed E-state index contributed by atoms with van der Waals surface area (Å²) in [4.78, 5) is 4.41. The largest absolute Gasteiger partial charge is 0.573 e. The van der Waals surface area contributed by atoms with Gasteiger partial charge in [-0.05, 0) is 19.1 Å². The summed E-state index contributed by atoms with van der Waals surface area (Å²) in [5, 5.41) is 0. The number of imidazole rings is 1. The first-order valence-corrected chi connectivity index (χ1v) is 6.56. The Morgan fingerprint density at radius 1 is 1.29 bits per heavy atom. The highest BCUT2D eigenvalue weighted by Crippen LogP contribution is 2.31. The zero-order chi connectivity index (χ0) is 15.6. The fourth-order valence-corrected chi connectivity index (χ4v) is 2.19. The topological polar surface area (TPSA) is 53.1 Å². The molecule has 2 aromatic rings. The van der Waals surface area contributed by atoms with E-state index in [9.17, 15) is 13.2 Å². The van der Waals surface area contributed by atoms with Crippen molar-refractivity contribution in [2.24, 2.45) is 0 Å². The zero-order valence-electron chi connectivity index (χ0n) is 11.7. The lowest BCUT2D eigenvalue weighted by Gasteiger charge is -2.09. The summed E-state index contributed by atoms with van der Waals surface area (Å²) >= 11 is 0. The van der Waals surface area contributed by atoms with E-state index in [1.54, 1.807) is 6.07 Å². The molecular weight excluding hydrogens is 283 g/mol. The summed E-state index contributed by atoms with van der Waals surface area (Å²) in [5.74, 6) is 0.953. The van der Waals surface area contributed by atoms with Crippen LogP contribution in [-0.2, 0) is 13.0 Å². The minimum Gasteiger partial charge on any atom is -0.406 e. The molecule has 0 aliphatic rings. The average Bonchev–Trinajstić information content (AvgIpc) is 2.73. The summed E-state index contributed by atoms with van der Waals surface area (Å²) in [6.07, 6.45) is -4.03. The van der Waals surface area contributed by atoms with Crippen molar-refractivity contribution in [1.82, 2.24) is 9.55 Å². The van der Waals surface area contributed by atoms with E-state index in [2.05, 4.69) is 9.72 Å². The maximum Gasteiger partial charge on any atom is 0.573 e. The first-order valence-electron chi connectivity index (χ1n) is 6.56. The number of halogens is 3. The second kappa shape index (κ2) is 5.67. The van der Waals surface area contributed by atoms with E-state index in [0.717, 1.165) is 5.82 Å². The van der Waals surface area contributed by atoms with E-state index in [4.69, 9.17) is 5.73 Å². The van der Waals surface area contributed by atoms with Crippen LogP contribution in [0.25, 0.3) is 11.3 Å². The highest BCUT2D eigenvalue weighted by atomic mass is 19.4. The second-order valence-corrected chi connectivity index (χ2v) is 4.44. The Labute approximate surface area is 120 Å². The molecule has 4 nitrogen and oxygen atoms in total. The summed E-state index contributed by atoms with van der Waals surface area (Å²) in [6, 6.07) is 5.66. The number of nitrogens with zero attached hydrogens (tertiary/aromatic N) is 2. The minimum absolute atomic E-state index is 0.288. The molecule has 0 unspecified atom stereocenters. The van der Waals surface area contributed by atoms with E-state index in [1.165, 1.54) is 18.2 Å². The third kappa shape index (κ3) is 3.29. The van der Waals surface area contributed by atoms with E-state index < -0.39 is 6.36 Å². The van der Waals surface area contributed by atoms with Gasteiger partial charge in [-0.25, -0.2) is 4.98 Å². The van der Waals surface area contributed by atoms with E-state index >= 15 is 0 Å². The van der Waals surface area contributed by atoms with Crippen molar-refractivity contribution in [3.63, 3.8) is 0 Å². The van der Waals surface area contributed by atoms with Crippen LogP contribution in [0.4, 0.5) is 19.0 Å². The summed E-state index contributed by atoms with van der Waals surface area (Å²) < 4.78 is 42.6. The standard InChI is InChI=1S/C14H16F3N3O/c1-3-11-19-12(13(18)20(11)4-2)9-6-5-7-10(8-9)21-14(15,16)17/h5-8H,3-4,18H2,1-2H3. The molecule has 2 N–H and O–H groups in total. The van der Waals surface area contributed by atoms with Crippen LogP contribution in [0.3, 0.4) is 0 Å². The Morgan fingerprint density at radius 2 is 2.00 bits per heavy atom. The highest BCUT2D eigenvalue weighted by Gasteiger charge is 2.31. The second-order valence-electron chi connectivity index (χ2n) is 4.44. The molecule has 1 aromatic heterocycles. The van der Waals surface area contributed by atoms with Gasteiger partial charge < -0.3 is 15.0 Å². The summed E-state index contributed by atoms with van der Waals surface area (Å²) in [7, 11) is 0. The third-order valence-corrected chi connectivity index (χ3v) is 3.06. The predicted octanol–water partition coefficient (Wildman–Crippen LogP) is 3.61. The molecule has 0 saturated carbocycles. The molecule has 0 aliphatic heterocycles. The number of aryl methyl sites for hydroxylation is 1. The van der Waals surface area contributed by atoms with E-state index in [0.29, 0.717) is 30.0 Å². The van der Waals surface area contributed by atoms with Gasteiger partial charge in [0.05, 0.1) is 0 Å². The van der Waals surface area contributed by atoms with Gasteiger partial charge in [-0.15, -0.1) is 13.2 Å². The fourth-order valence-electron chi connectivity index (χ4n) is 2.19. The number of benzene rings is 1. The maximum atomic E-state index is 12.3. The van der Waals surface area contributed by atoms with Gasteiger partial charge >= 0.3 is 6.36 Å². The molecule has 1 heterocycles. The van der Waals surface area contributed by atoms with Crippen molar-refractivity contribution in [2.45, 2.75) is 33.2 Å². The van der Waals surface area contributed by atoms with E-state index in [1.807, 2.05) is 18.4 Å². The van der Waals surface area contributed by atoms with Crippen LogP contribution in [0, 0.1) is 0 Å². The number of nitrogen functional groups attached to an aromatic ring is 1. The molecule has 0 atom stereocenters. The molecule has 114 valence electrons. The fraction of sp³-hybridized carbons (Fsp3) is 0.357. The summed E-state index contributed by atoms with van der Waals surface area (Å²) in [6.45, 7) is 4.53. The van der Waals surface area contributed by atoms with Crippen molar-refractivity contribution in [3.05, 3.63) is 30.1 Å². The van der Waals surface area contributed by atoms with Crippen LogP contribution < -0.4 is 10.5 Å². The predicted molar refractivity (Wildman–Crippen MR) is 73.8 cm³/mol. The van der Waals surface area contributed by atoms with Crippen molar-refractivity contribution in [3.8, 4) is 17.0 Å². The molecule has 0 amide bonds. The molecular formula is C14H16F3N3O. The van der Waals surface area contributed by atoms with Gasteiger partial charge in [-0.2, -0.15) is 0 Å². The first-order chi connectivity index (χ1) is 9.85. The molecule has 7 heteroatoms. The van der Waals surface area contributed by atoms with Gasteiger partial charge in [0, 0.05) is 18.5 Å². The average molecular weight is 299 g/mol. The number of rotatable bonds is 4. The van der Waals surface area contributed by atoms with E-state index in [-0.39, 0.29) is 5.75 Å². The molecule has 0 aliphatic carbocycles. The van der Waals surface area contributed by atoms with Crippen molar-refractivity contribution in [2.75, 3.05) is 5.73 Å². The maximum absolute atomic E-state index is 12.3. The monoisotopic (exact) mass is 299 g/mol. The molecule has 0 bridgehead atoms. The van der Waals surface area contributed by atoms with Crippen LogP contribution in [0.15, 0.2) is 24.3 Å². The molecule has 0 saturated heterocycles. The van der Waals surface area contributed by atoms with Crippen LogP contribution in [0.1, 0.15) is 19.7 Å². The van der Waals surface area contributed by atoms with Gasteiger partial charge in [-0.1, -0.05) is 19.1 Å². The molecule has 0 fully saturated rings. The van der Waals surface area contributed by atoms with Crippen molar-refractivity contribution in [1.29, 1.82) is 0 Å². The zero-order valence-corrected chi connectivity index (χ0v) is 11.7. The lowest BCUT2D eigenvalue weighted by atomic mass is 10.1. The Bertz CT molecular complexity index is 635. The molecule has 0 radical (unpaired) electrons. The molecule has 2 rings (SSSR count). The number of hydrogen-bond acceptors (Lipinski definition) is 3. The number of anilines is 1. The number of hydrogen-bond donors (Lipinski definition) is 1. The van der Waals surface area contributed by atoms with Crippen LogP contribution in [0.2, 0.25) is 0 Å². The molecule has 1 aromatic carbocycles. The highest BCUT2D eigenvalue weighted by molar-refractivity contribution is 5.72. The Balaban J connectivity index is 2.43. The smallest absolute Gasteiger partial charge is 0.406 e. The molecule has 0 spiro atoms. The number of ether oxygens (including phenoxy) is 1. The van der Waals surface area contributed by atoms with Gasteiger partial charge in [0.15, 0.2) is 0 Å². The van der Waals surface area contributed by atoms with Gasteiger partial charge in [0.1, 0.15) is 23.1 Å². The Hall–Kier alpha value is -2.18. The number of nitrogens with two attached hydrogens (primary N) is 1. The van der Waals surface area contributed by atoms with Gasteiger partial charge in [0.2, 0.25) is 0 Å². The first kappa shape index (κ1) is 15.2. The third-order valence-electron chi connectivity index (χ3n) is 3.06. The Kier molecular flexibility index (Phi) is 4.11. The Morgan fingerprint density at radius 3 is 2.52 bits per heavy atom.